The number of hydrogen-bond donors (Lipinski definition) is 2. The highest BCUT2D eigenvalue weighted by Crippen LogP contribution is 2.16. The van der Waals surface area contributed by atoms with Gasteiger partial charge in [0.05, 0.1) is 12.2 Å². The molecule has 2 aromatic rings. The first-order chi connectivity index (χ1) is 11.6. The molecule has 0 aliphatic carbocycles. The minimum atomic E-state index is 0. The van der Waals surface area contributed by atoms with Crippen LogP contribution in [-0.4, -0.2) is 30.6 Å². The Morgan fingerprint density at radius 1 is 1.32 bits per heavy atom. The van der Waals surface area contributed by atoms with Crippen LogP contribution in [0.2, 0.25) is 5.02 Å². The Balaban J connectivity index is 0.00000312. The number of aliphatic imine (C=N–C) groups is 1. The summed E-state index contributed by atoms with van der Waals surface area (Å²) in [6, 6.07) is 7.33. The van der Waals surface area contributed by atoms with E-state index in [1.165, 1.54) is 0 Å². The summed E-state index contributed by atoms with van der Waals surface area (Å²) in [6.45, 7) is 8.10. The van der Waals surface area contributed by atoms with Crippen LogP contribution in [0.5, 0.6) is 5.75 Å². The van der Waals surface area contributed by atoms with Gasteiger partial charge in [-0.1, -0.05) is 17.7 Å². The Morgan fingerprint density at radius 3 is 2.76 bits per heavy atom. The van der Waals surface area contributed by atoms with Gasteiger partial charge in [-0.2, -0.15) is 0 Å². The normalized spacial score (nSPS) is 11.0. The lowest BCUT2D eigenvalue weighted by Crippen LogP contribution is -2.39. The molecule has 1 aromatic heterocycles. The maximum absolute atomic E-state index is 5.92. The molecular weight excluding hydrogens is 455 g/mol. The summed E-state index contributed by atoms with van der Waals surface area (Å²) in [5.41, 5.74) is 0.896. The number of ether oxygens (including phenoxy) is 1. The van der Waals surface area contributed by atoms with E-state index in [1.807, 2.05) is 39.0 Å². The van der Waals surface area contributed by atoms with Crippen LogP contribution in [0.15, 0.2) is 33.7 Å². The van der Waals surface area contributed by atoms with Gasteiger partial charge >= 0.3 is 0 Å². The van der Waals surface area contributed by atoms with Gasteiger partial charge in [-0.05, 0) is 39.0 Å². The van der Waals surface area contributed by atoms with E-state index in [-0.39, 0.29) is 24.0 Å². The van der Waals surface area contributed by atoms with E-state index in [0.717, 1.165) is 23.7 Å². The van der Waals surface area contributed by atoms with E-state index in [0.29, 0.717) is 36.6 Å². The Hall–Kier alpha value is -1.48. The van der Waals surface area contributed by atoms with Gasteiger partial charge in [-0.15, -0.1) is 24.0 Å². The van der Waals surface area contributed by atoms with E-state index in [4.69, 9.17) is 20.8 Å². The molecule has 1 heterocycles. The maximum Gasteiger partial charge on any atom is 0.216 e. The molecule has 1 aromatic carbocycles. The van der Waals surface area contributed by atoms with Crippen molar-refractivity contribution in [1.82, 2.24) is 15.6 Å². The molecule has 0 unspecified atom stereocenters. The van der Waals surface area contributed by atoms with Crippen LogP contribution < -0.4 is 15.4 Å². The number of rotatable bonds is 7. The summed E-state index contributed by atoms with van der Waals surface area (Å²) in [5, 5.41) is 7.04. The second-order valence-electron chi connectivity index (χ2n) is 5.18. The molecule has 0 aliphatic heterocycles. The number of halogens is 2. The van der Waals surface area contributed by atoms with Crippen LogP contribution in [0.25, 0.3) is 0 Å². The average molecular weight is 479 g/mol. The smallest absolute Gasteiger partial charge is 0.216 e. The number of benzene rings is 1. The molecule has 6 nitrogen and oxygen atoms in total. The van der Waals surface area contributed by atoms with Crippen LogP contribution in [0.4, 0.5) is 0 Å². The highest BCUT2D eigenvalue weighted by Gasteiger charge is 2.05. The molecular formula is C17H24ClIN4O2. The third-order valence-corrected chi connectivity index (χ3v) is 3.48. The number of nitrogens with one attached hydrogen (secondary N) is 2. The molecule has 8 heteroatoms. The lowest BCUT2D eigenvalue weighted by molar-refractivity contribution is 0.322. The van der Waals surface area contributed by atoms with Crippen molar-refractivity contribution in [2.75, 3.05) is 19.7 Å². The molecule has 0 spiro atoms. The van der Waals surface area contributed by atoms with Crippen LogP contribution in [0.3, 0.4) is 0 Å². The second kappa shape index (κ2) is 11.2. The standard InChI is InChI=1S/C17H23ClN4O2.HI/c1-4-19-17(21-11-16-22-12(2)13(3)24-16)20-8-9-23-15-7-5-6-14(18)10-15;/h5-7,10H,4,8-9,11H2,1-3H3,(H2,19,20,21);1H. The van der Waals surface area contributed by atoms with Crippen molar-refractivity contribution in [3.05, 3.63) is 46.6 Å². The monoisotopic (exact) mass is 478 g/mol. The summed E-state index contributed by atoms with van der Waals surface area (Å²) in [7, 11) is 0. The van der Waals surface area contributed by atoms with Gasteiger partial charge in [0.15, 0.2) is 5.96 Å². The molecule has 0 atom stereocenters. The molecule has 0 fully saturated rings. The molecule has 0 radical (unpaired) electrons. The molecule has 2 rings (SSSR count). The molecule has 0 saturated heterocycles. The Morgan fingerprint density at radius 2 is 2.12 bits per heavy atom. The lowest BCUT2D eigenvalue weighted by Gasteiger charge is -2.11. The molecule has 25 heavy (non-hydrogen) atoms. The van der Waals surface area contributed by atoms with Crippen molar-refractivity contribution in [2.24, 2.45) is 4.99 Å². The van der Waals surface area contributed by atoms with E-state index in [2.05, 4.69) is 20.6 Å². The first-order valence-electron chi connectivity index (χ1n) is 7.92. The van der Waals surface area contributed by atoms with E-state index < -0.39 is 0 Å². The maximum atomic E-state index is 5.92. The highest BCUT2D eigenvalue weighted by atomic mass is 127. The molecule has 0 bridgehead atoms. The number of nitrogens with zero attached hydrogens (tertiary/aromatic N) is 2. The van der Waals surface area contributed by atoms with Crippen molar-refractivity contribution < 1.29 is 9.15 Å². The largest absolute Gasteiger partial charge is 0.492 e. The molecule has 138 valence electrons. The summed E-state index contributed by atoms with van der Waals surface area (Å²) >= 11 is 5.92. The van der Waals surface area contributed by atoms with Crippen LogP contribution in [-0.2, 0) is 6.54 Å². The van der Waals surface area contributed by atoms with Gasteiger partial charge < -0.3 is 19.8 Å². The van der Waals surface area contributed by atoms with E-state index in [1.54, 1.807) is 6.07 Å². The fourth-order valence-electron chi connectivity index (χ4n) is 1.99. The average Bonchev–Trinajstić information content (AvgIpc) is 2.87. The molecule has 0 aliphatic rings. The van der Waals surface area contributed by atoms with Gasteiger partial charge in [0.1, 0.15) is 24.7 Å². The number of hydrogen-bond acceptors (Lipinski definition) is 4. The number of aromatic nitrogens is 1. The predicted octanol–water partition coefficient (Wildman–Crippen LogP) is 3.70. The quantitative estimate of drug-likeness (QED) is 0.275. The number of aryl methyl sites for hydroxylation is 2. The fourth-order valence-corrected chi connectivity index (χ4v) is 2.17. The SMILES string of the molecule is CCNC(=NCc1nc(C)c(C)o1)NCCOc1cccc(Cl)c1.I. The zero-order valence-corrected chi connectivity index (χ0v) is 17.7. The number of oxazole rings is 1. The second-order valence-corrected chi connectivity index (χ2v) is 5.61. The first kappa shape index (κ1) is 21.6. The van der Waals surface area contributed by atoms with Crippen molar-refractivity contribution in [2.45, 2.75) is 27.3 Å². The summed E-state index contributed by atoms with van der Waals surface area (Å²) in [6.07, 6.45) is 0. The van der Waals surface area contributed by atoms with E-state index >= 15 is 0 Å². The Bertz CT molecular complexity index is 672. The van der Waals surface area contributed by atoms with Gasteiger partial charge in [0.25, 0.3) is 0 Å². The van der Waals surface area contributed by atoms with Crippen molar-refractivity contribution in [3.8, 4) is 5.75 Å². The zero-order chi connectivity index (χ0) is 17.4. The third kappa shape index (κ3) is 7.52. The van der Waals surface area contributed by atoms with Gasteiger partial charge in [0.2, 0.25) is 5.89 Å². The van der Waals surface area contributed by atoms with E-state index in [9.17, 15) is 0 Å². The zero-order valence-electron chi connectivity index (χ0n) is 14.6. The van der Waals surface area contributed by atoms with Crippen molar-refractivity contribution in [1.29, 1.82) is 0 Å². The minimum Gasteiger partial charge on any atom is -0.492 e. The lowest BCUT2D eigenvalue weighted by atomic mass is 10.3. The predicted molar refractivity (Wildman–Crippen MR) is 111 cm³/mol. The van der Waals surface area contributed by atoms with Gasteiger partial charge in [-0.25, -0.2) is 9.98 Å². The molecule has 0 saturated carbocycles. The van der Waals surface area contributed by atoms with Crippen LogP contribution in [0, 0.1) is 13.8 Å². The van der Waals surface area contributed by atoms with Crippen molar-refractivity contribution in [3.63, 3.8) is 0 Å². The molecule has 2 N–H and O–H groups in total. The summed E-state index contributed by atoms with van der Waals surface area (Å²) < 4.78 is 11.2. The molecule has 0 amide bonds. The third-order valence-electron chi connectivity index (χ3n) is 3.25. The minimum absolute atomic E-state index is 0. The fraction of sp³-hybridized carbons (Fsp3) is 0.412. The Labute approximate surface area is 170 Å². The Kier molecular flexibility index (Phi) is 9.66. The topological polar surface area (TPSA) is 71.7 Å². The number of guanidine groups is 1. The highest BCUT2D eigenvalue weighted by molar-refractivity contribution is 14.0. The van der Waals surface area contributed by atoms with Crippen molar-refractivity contribution >= 4 is 41.5 Å². The van der Waals surface area contributed by atoms with Crippen LogP contribution in [0.1, 0.15) is 24.3 Å². The van der Waals surface area contributed by atoms with Gasteiger partial charge in [-0.3, -0.25) is 0 Å². The van der Waals surface area contributed by atoms with Crippen LogP contribution >= 0.6 is 35.6 Å². The first-order valence-corrected chi connectivity index (χ1v) is 8.29. The summed E-state index contributed by atoms with van der Waals surface area (Å²) in [4.78, 5) is 8.78. The summed E-state index contributed by atoms with van der Waals surface area (Å²) in [5.74, 6) is 2.88. The van der Waals surface area contributed by atoms with Gasteiger partial charge in [0, 0.05) is 11.6 Å².